The van der Waals surface area contributed by atoms with Crippen molar-refractivity contribution in [2.45, 2.75) is 5.51 Å². The predicted octanol–water partition coefficient (Wildman–Crippen LogP) is -0.769. The van der Waals surface area contributed by atoms with Crippen LogP contribution in [0.3, 0.4) is 0 Å². The summed E-state index contributed by atoms with van der Waals surface area (Å²) in [6.07, 6.45) is 0. The quantitative estimate of drug-likeness (QED) is 0.498. The second kappa shape index (κ2) is 2.42. The smallest absolute Gasteiger partial charge is 0.524 e. The molecule has 3 nitrogen and oxygen atoms in total. The van der Waals surface area contributed by atoms with Gasteiger partial charge in [-0.15, -0.1) is 0 Å². The Morgan fingerprint density at radius 2 is 1.88 bits per heavy atom. The number of hydrogen-bond acceptors (Lipinski definition) is 2. The van der Waals surface area contributed by atoms with Crippen molar-refractivity contribution in [2.24, 2.45) is 0 Å². The summed E-state index contributed by atoms with van der Waals surface area (Å²) in [7, 11) is -3.32. The van der Waals surface area contributed by atoms with Crippen molar-refractivity contribution >= 4 is 11.0 Å². The zero-order valence-corrected chi connectivity index (χ0v) is 4.25. The molecular formula is CH2F3NO2S. The molecule has 0 radical (unpaired) electrons. The molecule has 0 saturated heterocycles. The van der Waals surface area contributed by atoms with E-state index in [-0.39, 0.29) is 0 Å². The van der Waals surface area contributed by atoms with Crippen molar-refractivity contribution < 1.29 is 22.3 Å². The Labute approximate surface area is 45.0 Å². The fourth-order valence-electron chi connectivity index (χ4n) is 0.0546. The van der Waals surface area contributed by atoms with Crippen LogP contribution in [0.2, 0.25) is 0 Å². The molecule has 1 atom stereocenters. The average molecular weight is 149 g/mol. The molecular weight excluding hydrogens is 147 g/mol. The summed E-state index contributed by atoms with van der Waals surface area (Å²) in [6.45, 7) is 0. The van der Waals surface area contributed by atoms with Gasteiger partial charge in [-0.05, 0) is 0 Å². The van der Waals surface area contributed by atoms with E-state index in [1.54, 1.807) is 0 Å². The molecule has 0 rings (SSSR count). The third-order valence-corrected chi connectivity index (χ3v) is 0.947. The van der Waals surface area contributed by atoms with Crippen LogP contribution in [0.25, 0.3) is 0 Å². The van der Waals surface area contributed by atoms with Gasteiger partial charge in [0.1, 0.15) is 0 Å². The van der Waals surface area contributed by atoms with E-state index in [2.05, 4.69) is 0 Å². The van der Waals surface area contributed by atoms with Crippen molar-refractivity contribution in [1.82, 2.24) is 0 Å². The first-order valence-corrected chi connectivity index (χ1v) is 2.62. The molecule has 0 aliphatic heterocycles. The summed E-state index contributed by atoms with van der Waals surface area (Å²) in [5.41, 5.74) is -4.89. The summed E-state index contributed by atoms with van der Waals surface area (Å²) in [5.74, 6) is 0. The number of rotatable bonds is 1. The fraction of sp³-hybridized carbons (Fsp3) is 1.00. The molecule has 0 aromatic heterocycles. The number of nitrogens with two attached hydrogens (primary N) is 1. The Balaban J connectivity index is 3.82. The molecule has 7 heteroatoms. The van der Waals surface area contributed by atoms with Crippen molar-refractivity contribution in [3.8, 4) is 0 Å². The standard InChI is InChI=1S/CH2F3NO2S/c2-1(3,4)8(7)5-6/h5H2. The molecule has 0 saturated carbocycles. The Kier molecular flexibility index (Phi) is 2.38. The highest BCUT2D eigenvalue weighted by Crippen LogP contribution is 2.14. The number of hydrogen-bond donors (Lipinski definition) is 1. The topological polar surface area (TPSA) is 56.7 Å². The van der Waals surface area contributed by atoms with Gasteiger partial charge < -0.3 is 5.21 Å². The molecule has 0 aromatic carbocycles. The largest absolute Gasteiger partial charge is 0.621 e. The predicted molar refractivity (Wildman–Crippen MR) is 19.5 cm³/mol. The van der Waals surface area contributed by atoms with Crippen LogP contribution in [0.5, 0.6) is 0 Å². The molecule has 0 heterocycles. The first kappa shape index (κ1) is 7.86. The van der Waals surface area contributed by atoms with Crippen LogP contribution in [-0.2, 0) is 11.0 Å². The Hall–Kier alpha value is -0.140. The fourth-order valence-corrected chi connectivity index (χ4v) is 0.164. The zero-order valence-electron chi connectivity index (χ0n) is 3.44. The lowest BCUT2D eigenvalue weighted by molar-refractivity contribution is -0.418. The van der Waals surface area contributed by atoms with Crippen LogP contribution in [0, 0.1) is 5.21 Å². The third kappa shape index (κ3) is 2.24. The van der Waals surface area contributed by atoms with Gasteiger partial charge in [0.2, 0.25) is 0 Å². The Morgan fingerprint density at radius 1 is 1.50 bits per heavy atom. The summed E-state index contributed by atoms with van der Waals surface area (Å²) in [6, 6.07) is 0. The maximum absolute atomic E-state index is 10.9. The highest BCUT2D eigenvalue weighted by molar-refractivity contribution is 7.79. The number of halogens is 3. The van der Waals surface area contributed by atoms with Crippen molar-refractivity contribution in [2.75, 3.05) is 0 Å². The number of quaternary nitrogens is 1. The molecule has 0 spiro atoms. The van der Waals surface area contributed by atoms with Crippen LogP contribution < -0.4 is 4.89 Å². The lowest BCUT2D eigenvalue weighted by atomic mass is 11.6. The van der Waals surface area contributed by atoms with Gasteiger partial charge in [0.15, 0.2) is 0 Å². The van der Waals surface area contributed by atoms with Crippen molar-refractivity contribution in [1.29, 1.82) is 0 Å². The van der Waals surface area contributed by atoms with E-state index in [1.165, 1.54) is 0 Å². The highest BCUT2D eigenvalue weighted by atomic mass is 32.2. The summed E-state index contributed by atoms with van der Waals surface area (Å²) >= 11 is 0. The first-order valence-electron chi connectivity index (χ1n) is 1.41. The summed E-state index contributed by atoms with van der Waals surface area (Å²) < 4.78 is 42.2. The second-order valence-electron chi connectivity index (χ2n) is 0.839. The first-order chi connectivity index (χ1) is 3.48. The van der Waals surface area contributed by atoms with E-state index in [0.29, 0.717) is 0 Å². The average Bonchev–Trinajstić information content (AvgIpc) is 1.62. The molecule has 50 valence electrons. The molecule has 0 bridgehead atoms. The summed E-state index contributed by atoms with van der Waals surface area (Å²) in [5, 5.41) is 9.13. The molecule has 0 amide bonds. The van der Waals surface area contributed by atoms with Crippen LogP contribution in [0.4, 0.5) is 13.2 Å². The molecule has 2 N–H and O–H groups in total. The van der Waals surface area contributed by atoms with E-state index in [4.69, 9.17) is 5.21 Å². The Morgan fingerprint density at radius 3 is 1.88 bits per heavy atom. The van der Waals surface area contributed by atoms with Gasteiger partial charge in [-0.1, -0.05) is 0 Å². The molecule has 1 unspecified atom stereocenters. The van der Waals surface area contributed by atoms with Gasteiger partial charge in [0.05, 0.1) is 0 Å². The lowest BCUT2D eigenvalue weighted by Crippen LogP contribution is -2.80. The van der Waals surface area contributed by atoms with E-state index < -0.39 is 21.4 Å². The summed E-state index contributed by atoms with van der Waals surface area (Å²) in [4.78, 5) is -0.653. The van der Waals surface area contributed by atoms with Crippen LogP contribution >= 0.6 is 0 Å². The molecule has 0 aliphatic rings. The van der Waals surface area contributed by atoms with Gasteiger partial charge >= 0.3 is 16.5 Å². The SMILES string of the molecule is O=S([NH2+][O-])C(F)(F)F. The monoisotopic (exact) mass is 149 g/mol. The van der Waals surface area contributed by atoms with Gasteiger partial charge in [-0.3, -0.25) is 4.89 Å². The highest BCUT2D eigenvalue weighted by Gasteiger charge is 2.39. The molecule has 0 aliphatic carbocycles. The second-order valence-corrected chi connectivity index (χ2v) is 2.09. The molecule has 0 aromatic rings. The third-order valence-electron chi connectivity index (χ3n) is 0.316. The van der Waals surface area contributed by atoms with Crippen molar-refractivity contribution in [3.05, 3.63) is 5.21 Å². The maximum atomic E-state index is 10.9. The molecule has 0 fully saturated rings. The van der Waals surface area contributed by atoms with E-state index >= 15 is 0 Å². The zero-order chi connectivity index (χ0) is 6.78. The maximum Gasteiger partial charge on any atom is 0.524 e. The van der Waals surface area contributed by atoms with Gasteiger partial charge in [-0.2, -0.15) is 17.4 Å². The van der Waals surface area contributed by atoms with Crippen molar-refractivity contribution in [3.63, 3.8) is 0 Å². The minimum absolute atomic E-state index is 0.653. The van der Waals surface area contributed by atoms with E-state index in [1.807, 2.05) is 0 Å². The van der Waals surface area contributed by atoms with Gasteiger partial charge in [0, 0.05) is 0 Å². The van der Waals surface area contributed by atoms with Gasteiger partial charge in [-0.25, -0.2) is 0 Å². The normalized spacial score (nSPS) is 16.0. The van der Waals surface area contributed by atoms with Crippen LogP contribution in [-0.4, -0.2) is 9.72 Å². The minimum atomic E-state index is -4.89. The van der Waals surface area contributed by atoms with Crippen LogP contribution in [0.15, 0.2) is 0 Å². The van der Waals surface area contributed by atoms with Crippen LogP contribution in [0.1, 0.15) is 0 Å². The lowest BCUT2D eigenvalue weighted by Gasteiger charge is -2.02. The van der Waals surface area contributed by atoms with Gasteiger partial charge in [0.25, 0.3) is 0 Å². The minimum Gasteiger partial charge on any atom is -0.621 e. The molecule has 8 heavy (non-hydrogen) atoms. The Bertz CT molecular complexity index is 99.9. The van der Waals surface area contributed by atoms with E-state index in [0.717, 1.165) is 0 Å². The van der Waals surface area contributed by atoms with E-state index in [9.17, 15) is 17.4 Å². The number of alkyl halides is 3.